The van der Waals surface area contributed by atoms with E-state index < -0.39 is 26.0 Å². The Morgan fingerprint density at radius 3 is 2.70 bits per heavy atom. The van der Waals surface area contributed by atoms with Crippen molar-refractivity contribution in [1.29, 1.82) is 0 Å². The third-order valence-corrected chi connectivity index (χ3v) is 6.55. The van der Waals surface area contributed by atoms with Crippen molar-refractivity contribution in [2.24, 2.45) is 5.41 Å². The Hall–Kier alpha value is -1.36. The molecule has 1 aliphatic heterocycles. The molecule has 2 unspecified atom stereocenters. The second-order valence-corrected chi connectivity index (χ2v) is 11.5. The van der Waals surface area contributed by atoms with E-state index >= 15 is 0 Å². The van der Waals surface area contributed by atoms with E-state index in [2.05, 4.69) is 21.7 Å². The summed E-state index contributed by atoms with van der Waals surface area (Å²) in [6, 6.07) is 0. The predicted octanol–water partition coefficient (Wildman–Crippen LogP) is 4.37. The summed E-state index contributed by atoms with van der Waals surface area (Å²) in [6.45, 7) is 8.36. The van der Waals surface area contributed by atoms with Gasteiger partial charge in [-0.1, -0.05) is 32.3 Å². The molecule has 0 fully saturated rings. The van der Waals surface area contributed by atoms with Crippen LogP contribution in [0.3, 0.4) is 0 Å². The lowest BCUT2D eigenvalue weighted by Crippen LogP contribution is -2.48. The van der Waals surface area contributed by atoms with Gasteiger partial charge in [-0.15, -0.1) is 4.37 Å². The highest BCUT2D eigenvalue weighted by Crippen LogP contribution is 2.44. The Morgan fingerprint density at radius 2 is 2.00 bits per heavy atom. The molecule has 1 aliphatic rings. The minimum absolute atomic E-state index is 0.0525. The molecule has 0 amide bonds. The van der Waals surface area contributed by atoms with Crippen molar-refractivity contribution in [3.63, 3.8) is 0 Å². The molecule has 2 atom stereocenters. The van der Waals surface area contributed by atoms with Crippen LogP contribution in [-0.2, 0) is 23.1 Å². The van der Waals surface area contributed by atoms with E-state index in [1.807, 2.05) is 7.05 Å². The standard InChI is InChI=1S/C21H36N3O7PS/c1-6-7-8-9-13-28-19-18(22-33-23-19)17-11-10-12-24(5,14-17)15-30-32(26,27)31-16-29-20(25)21(2,3)4/h11H,6-10,12-16H2,1-5H3/p+1. The van der Waals surface area contributed by atoms with Gasteiger partial charge in [0.05, 0.1) is 37.3 Å². The molecule has 0 radical (unpaired) electrons. The van der Waals surface area contributed by atoms with E-state index in [-0.39, 0.29) is 6.73 Å². The summed E-state index contributed by atoms with van der Waals surface area (Å²) in [5.74, 6) is 0.00139. The van der Waals surface area contributed by atoms with Crippen LogP contribution in [0.5, 0.6) is 5.88 Å². The van der Waals surface area contributed by atoms with E-state index in [0.29, 0.717) is 30.1 Å². The fourth-order valence-electron chi connectivity index (χ4n) is 3.17. The van der Waals surface area contributed by atoms with Crippen molar-refractivity contribution in [2.75, 3.05) is 40.3 Å². The number of phosphoric ester groups is 1. The summed E-state index contributed by atoms with van der Waals surface area (Å²) in [7, 11) is -2.46. The number of phosphoric acid groups is 1. The lowest BCUT2D eigenvalue weighted by Gasteiger charge is -2.37. The molecule has 0 aliphatic carbocycles. The van der Waals surface area contributed by atoms with Crippen molar-refractivity contribution in [3.8, 4) is 5.88 Å². The minimum Gasteiger partial charge on any atom is -0.475 e. The van der Waals surface area contributed by atoms with Crippen molar-refractivity contribution in [1.82, 2.24) is 8.75 Å². The van der Waals surface area contributed by atoms with E-state index in [1.54, 1.807) is 20.8 Å². The molecule has 1 aromatic heterocycles. The summed E-state index contributed by atoms with van der Waals surface area (Å²) in [6.07, 6.45) is 7.30. The lowest BCUT2D eigenvalue weighted by molar-refractivity contribution is -0.918. The highest BCUT2D eigenvalue weighted by atomic mass is 32.1. The highest BCUT2D eigenvalue weighted by molar-refractivity contribution is 7.47. The number of hydrogen-bond donors (Lipinski definition) is 1. The molecule has 1 N–H and O–H groups in total. The Bertz CT molecular complexity index is 855. The van der Waals surface area contributed by atoms with Crippen LogP contribution in [0, 0.1) is 5.41 Å². The Morgan fingerprint density at radius 1 is 1.24 bits per heavy atom. The molecule has 10 nitrogen and oxygen atoms in total. The summed E-state index contributed by atoms with van der Waals surface area (Å²) in [4.78, 5) is 21.7. The zero-order valence-electron chi connectivity index (χ0n) is 20.2. The quantitative estimate of drug-likeness (QED) is 0.137. The molecule has 33 heavy (non-hydrogen) atoms. The van der Waals surface area contributed by atoms with Gasteiger partial charge in [-0.2, -0.15) is 4.37 Å². The Kier molecular flexibility index (Phi) is 10.5. The maximum Gasteiger partial charge on any atom is 0.479 e. The van der Waals surface area contributed by atoms with Gasteiger partial charge in [0.25, 0.3) is 5.88 Å². The zero-order valence-corrected chi connectivity index (χ0v) is 22.0. The topological polar surface area (TPSA) is 117 Å². The van der Waals surface area contributed by atoms with Crippen LogP contribution in [0.4, 0.5) is 0 Å². The van der Waals surface area contributed by atoms with Crippen molar-refractivity contribution in [3.05, 3.63) is 11.8 Å². The van der Waals surface area contributed by atoms with Crippen LogP contribution in [0.15, 0.2) is 6.08 Å². The molecular formula is C21H37N3O7PS+. The second kappa shape index (κ2) is 12.4. The highest BCUT2D eigenvalue weighted by Gasteiger charge is 2.34. The largest absolute Gasteiger partial charge is 0.479 e. The molecular weight excluding hydrogens is 469 g/mol. The first-order valence-electron chi connectivity index (χ1n) is 11.2. The summed E-state index contributed by atoms with van der Waals surface area (Å²) < 4.78 is 42.1. The van der Waals surface area contributed by atoms with Gasteiger partial charge in [0, 0.05) is 12.0 Å². The van der Waals surface area contributed by atoms with Crippen LogP contribution in [-0.4, -0.2) is 64.4 Å². The van der Waals surface area contributed by atoms with Gasteiger partial charge in [0.1, 0.15) is 12.2 Å². The Labute approximate surface area is 200 Å². The van der Waals surface area contributed by atoms with Gasteiger partial charge < -0.3 is 14.4 Å². The number of carbonyl (C=O) groups excluding carboxylic acids is 1. The van der Waals surface area contributed by atoms with Crippen LogP contribution in [0.1, 0.15) is 65.5 Å². The molecule has 0 saturated carbocycles. The predicted molar refractivity (Wildman–Crippen MR) is 125 cm³/mol. The summed E-state index contributed by atoms with van der Waals surface area (Å²) in [5.41, 5.74) is 0.955. The SMILES string of the molecule is CCCCCCOc1nsnc1C1=CCC[N+](C)(COP(=O)(O)OCOC(=O)C(C)(C)C)C1. The first-order valence-corrected chi connectivity index (χ1v) is 13.5. The molecule has 0 spiro atoms. The molecule has 2 rings (SSSR count). The first-order chi connectivity index (χ1) is 15.5. The van der Waals surface area contributed by atoms with Gasteiger partial charge in [-0.3, -0.25) is 9.28 Å². The molecule has 12 heteroatoms. The van der Waals surface area contributed by atoms with Gasteiger partial charge in [0.2, 0.25) is 6.79 Å². The molecule has 1 aromatic rings. The zero-order chi connectivity index (χ0) is 24.5. The van der Waals surface area contributed by atoms with Crippen LogP contribution in [0.25, 0.3) is 5.57 Å². The number of hydrogen-bond acceptors (Lipinski definition) is 9. The maximum atomic E-state index is 12.2. The van der Waals surface area contributed by atoms with Gasteiger partial charge >= 0.3 is 13.8 Å². The number of likely N-dealkylation sites (N-methyl/N-ethyl adjacent to an activating group) is 1. The molecule has 0 aromatic carbocycles. The average molecular weight is 507 g/mol. The molecule has 0 saturated heterocycles. The van der Waals surface area contributed by atoms with Crippen molar-refractivity contribution in [2.45, 2.75) is 59.8 Å². The number of unbranched alkanes of at least 4 members (excludes halogenated alkanes) is 3. The molecule has 188 valence electrons. The third-order valence-electron chi connectivity index (χ3n) is 5.16. The normalized spacial score (nSPS) is 20.7. The van der Waals surface area contributed by atoms with E-state index in [0.717, 1.165) is 42.3 Å². The second-order valence-electron chi connectivity index (χ2n) is 9.50. The monoisotopic (exact) mass is 506 g/mol. The number of rotatable bonds is 13. The number of nitrogens with zero attached hydrogens (tertiary/aromatic N) is 3. The third kappa shape index (κ3) is 9.42. The smallest absolute Gasteiger partial charge is 0.475 e. The number of ether oxygens (including phenoxy) is 2. The molecule has 0 bridgehead atoms. The van der Waals surface area contributed by atoms with E-state index in [1.165, 1.54) is 12.8 Å². The number of quaternary nitrogens is 1. The van der Waals surface area contributed by atoms with Gasteiger partial charge in [-0.05, 0) is 27.2 Å². The van der Waals surface area contributed by atoms with Crippen molar-refractivity contribution < 1.29 is 37.3 Å². The number of esters is 1. The van der Waals surface area contributed by atoms with Crippen LogP contribution >= 0.6 is 19.6 Å². The summed E-state index contributed by atoms with van der Waals surface area (Å²) >= 11 is 1.11. The first kappa shape index (κ1) is 27.9. The van der Waals surface area contributed by atoms with Crippen LogP contribution in [0.2, 0.25) is 0 Å². The minimum atomic E-state index is -4.39. The summed E-state index contributed by atoms with van der Waals surface area (Å²) in [5, 5.41) is 0. The average Bonchev–Trinajstić information content (AvgIpc) is 3.20. The number of carbonyl (C=O) groups is 1. The molecule has 2 heterocycles. The Balaban J connectivity index is 1.87. The van der Waals surface area contributed by atoms with Gasteiger partial charge in [0.15, 0.2) is 6.73 Å². The number of aromatic nitrogens is 2. The maximum absolute atomic E-state index is 12.2. The lowest BCUT2D eigenvalue weighted by atomic mass is 9.98. The fraction of sp³-hybridized carbons (Fsp3) is 0.762. The van der Waals surface area contributed by atoms with Crippen molar-refractivity contribution >= 4 is 31.1 Å². The fourth-order valence-corrected chi connectivity index (χ4v) is 4.38. The van der Waals surface area contributed by atoms with Crippen LogP contribution < -0.4 is 4.74 Å². The van der Waals surface area contributed by atoms with Gasteiger partial charge in [-0.25, -0.2) is 13.6 Å². The van der Waals surface area contributed by atoms with E-state index in [9.17, 15) is 14.3 Å². The van der Waals surface area contributed by atoms with E-state index in [4.69, 9.17) is 18.5 Å².